The lowest BCUT2D eigenvalue weighted by atomic mass is 10.0. The Balaban J connectivity index is 0.00000242. The van der Waals surface area contributed by atoms with Crippen molar-refractivity contribution in [2.24, 2.45) is 11.7 Å². The molecule has 2 rings (SSSR count). The molecule has 1 amide bonds. The summed E-state index contributed by atoms with van der Waals surface area (Å²) < 4.78 is 2.23. The Morgan fingerprint density at radius 3 is 2.74 bits per heavy atom. The average molecular weight is 365 g/mol. The third-order valence-corrected chi connectivity index (χ3v) is 4.21. The topological polar surface area (TPSA) is 64.2 Å². The lowest BCUT2D eigenvalue weighted by Crippen LogP contribution is -2.48. The van der Waals surface area contributed by atoms with Gasteiger partial charge in [0, 0.05) is 31.9 Å². The van der Waals surface area contributed by atoms with Crippen LogP contribution in [0.2, 0.25) is 0 Å². The number of aromatic nitrogens is 2. The molecule has 0 bridgehead atoms. The molecule has 1 aromatic rings. The number of aryl methyl sites for hydroxylation is 1. The summed E-state index contributed by atoms with van der Waals surface area (Å²) in [4.78, 5) is 18.8. The number of nitrogens with two attached hydrogens (primary N) is 1. The summed E-state index contributed by atoms with van der Waals surface area (Å²) in [5, 5.41) is 0. The van der Waals surface area contributed by atoms with Gasteiger partial charge >= 0.3 is 0 Å². The van der Waals surface area contributed by atoms with Crippen LogP contribution in [0.25, 0.3) is 0 Å². The SMILES string of the molecule is CCc1nccn1C1CCCN(C(=O)[C@@H](N)CC(C)C)C1.Cl.Cl. The highest BCUT2D eigenvalue weighted by molar-refractivity contribution is 5.85. The molecule has 23 heavy (non-hydrogen) atoms. The monoisotopic (exact) mass is 364 g/mol. The van der Waals surface area contributed by atoms with Gasteiger partial charge in [0.15, 0.2) is 0 Å². The predicted molar refractivity (Wildman–Crippen MR) is 98.4 cm³/mol. The minimum Gasteiger partial charge on any atom is -0.339 e. The Bertz CT molecular complexity index is 478. The summed E-state index contributed by atoms with van der Waals surface area (Å²) in [5.41, 5.74) is 6.06. The van der Waals surface area contributed by atoms with Crippen LogP contribution in [-0.4, -0.2) is 39.5 Å². The van der Waals surface area contributed by atoms with E-state index in [1.54, 1.807) is 0 Å². The normalized spacial score (nSPS) is 19.0. The molecule has 7 heteroatoms. The Morgan fingerprint density at radius 1 is 1.43 bits per heavy atom. The molecule has 2 N–H and O–H groups in total. The van der Waals surface area contributed by atoms with Gasteiger partial charge in [0.1, 0.15) is 5.82 Å². The van der Waals surface area contributed by atoms with Crippen LogP contribution in [0.4, 0.5) is 0 Å². The molecule has 0 aliphatic carbocycles. The number of rotatable bonds is 5. The van der Waals surface area contributed by atoms with Crippen molar-refractivity contribution >= 4 is 30.7 Å². The number of imidazole rings is 1. The molecule has 1 fully saturated rings. The first-order valence-electron chi connectivity index (χ1n) is 8.09. The molecule has 0 saturated carbocycles. The fraction of sp³-hybridized carbons (Fsp3) is 0.750. The number of halogens is 2. The van der Waals surface area contributed by atoms with E-state index in [4.69, 9.17) is 5.73 Å². The second kappa shape index (κ2) is 10.2. The van der Waals surface area contributed by atoms with Crippen molar-refractivity contribution < 1.29 is 4.79 Å². The first kappa shape index (κ1) is 22.2. The first-order chi connectivity index (χ1) is 10.0. The van der Waals surface area contributed by atoms with Gasteiger partial charge in [-0.2, -0.15) is 0 Å². The minimum absolute atomic E-state index is 0. The molecule has 0 radical (unpaired) electrons. The Labute approximate surface area is 151 Å². The maximum absolute atomic E-state index is 12.5. The van der Waals surface area contributed by atoms with Crippen LogP contribution in [0.15, 0.2) is 12.4 Å². The number of likely N-dealkylation sites (tertiary alicyclic amines) is 1. The van der Waals surface area contributed by atoms with Crippen LogP contribution < -0.4 is 5.73 Å². The third-order valence-electron chi connectivity index (χ3n) is 4.21. The number of nitrogens with zero attached hydrogens (tertiary/aromatic N) is 3. The molecule has 5 nitrogen and oxygen atoms in total. The summed E-state index contributed by atoms with van der Waals surface area (Å²) in [7, 11) is 0. The zero-order valence-electron chi connectivity index (χ0n) is 14.3. The van der Waals surface area contributed by atoms with Gasteiger partial charge in [-0.05, 0) is 25.2 Å². The van der Waals surface area contributed by atoms with Crippen LogP contribution >= 0.6 is 24.8 Å². The lowest BCUT2D eigenvalue weighted by Gasteiger charge is -2.35. The van der Waals surface area contributed by atoms with Gasteiger partial charge in [-0.15, -0.1) is 24.8 Å². The summed E-state index contributed by atoms with van der Waals surface area (Å²) in [6.45, 7) is 7.91. The van der Waals surface area contributed by atoms with E-state index < -0.39 is 0 Å². The van der Waals surface area contributed by atoms with Crippen molar-refractivity contribution in [1.82, 2.24) is 14.5 Å². The largest absolute Gasteiger partial charge is 0.339 e. The van der Waals surface area contributed by atoms with E-state index in [0.717, 1.165) is 44.6 Å². The maximum atomic E-state index is 12.5. The summed E-state index contributed by atoms with van der Waals surface area (Å²) in [6, 6.07) is -0.0245. The molecule has 134 valence electrons. The average Bonchev–Trinajstić information content (AvgIpc) is 2.94. The molecular weight excluding hydrogens is 335 g/mol. The third kappa shape index (κ3) is 5.66. The second-order valence-electron chi connectivity index (χ2n) is 6.42. The number of hydrogen-bond acceptors (Lipinski definition) is 3. The quantitative estimate of drug-likeness (QED) is 0.873. The van der Waals surface area contributed by atoms with E-state index in [1.165, 1.54) is 0 Å². The maximum Gasteiger partial charge on any atom is 0.239 e. The van der Waals surface area contributed by atoms with Crippen LogP contribution in [-0.2, 0) is 11.2 Å². The van der Waals surface area contributed by atoms with E-state index in [0.29, 0.717) is 12.0 Å². The van der Waals surface area contributed by atoms with Gasteiger partial charge in [-0.1, -0.05) is 20.8 Å². The van der Waals surface area contributed by atoms with Crippen LogP contribution in [0, 0.1) is 5.92 Å². The van der Waals surface area contributed by atoms with Crippen LogP contribution in [0.1, 0.15) is 51.9 Å². The van der Waals surface area contributed by atoms with Gasteiger partial charge in [0.05, 0.1) is 12.1 Å². The number of hydrogen-bond donors (Lipinski definition) is 1. The smallest absolute Gasteiger partial charge is 0.239 e. The minimum atomic E-state index is -0.364. The van der Waals surface area contributed by atoms with E-state index >= 15 is 0 Å². The van der Waals surface area contributed by atoms with E-state index in [2.05, 4.69) is 30.3 Å². The van der Waals surface area contributed by atoms with Crippen molar-refractivity contribution in [3.8, 4) is 0 Å². The number of piperidine rings is 1. The standard InChI is InChI=1S/C16H28N4O.2ClH/c1-4-15-18-7-9-20(15)13-6-5-8-19(11-13)16(21)14(17)10-12(2)3;;/h7,9,12-14H,4-6,8,10-11,17H2,1-3H3;2*1H/t13?,14-;;/m0../s1. The molecule has 0 spiro atoms. The van der Waals surface area contributed by atoms with Gasteiger partial charge in [0.2, 0.25) is 5.91 Å². The number of carbonyl (C=O) groups excluding carboxylic acids is 1. The van der Waals surface area contributed by atoms with Gasteiger partial charge in [0.25, 0.3) is 0 Å². The van der Waals surface area contributed by atoms with Crippen molar-refractivity contribution in [2.75, 3.05) is 13.1 Å². The molecule has 0 aromatic carbocycles. The summed E-state index contributed by atoms with van der Waals surface area (Å²) >= 11 is 0. The summed E-state index contributed by atoms with van der Waals surface area (Å²) in [6.07, 6.45) is 7.70. The molecule has 1 saturated heterocycles. The Morgan fingerprint density at radius 2 is 2.13 bits per heavy atom. The van der Waals surface area contributed by atoms with E-state index in [-0.39, 0.29) is 36.8 Å². The second-order valence-corrected chi connectivity index (χ2v) is 6.42. The molecule has 1 aliphatic heterocycles. The highest BCUT2D eigenvalue weighted by Gasteiger charge is 2.28. The molecule has 1 aliphatic rings. The fourth-order valence-electron chi connectivity index (χ4n) is 3.18. The highest BCUT2D eigenvalue weighted by atomic mass is 35.5. The Kier molecular flexibility index (Phi) is 9.82. The van der Waals surface area contributed by atoms with Gasteiger partial charge < -0.3 is 15.2 Å². The van der Waals surface area contributed by atoms with Gasteiger partial charge in [-0.25, -0.2) is 4.98 Å². The molecule has 1 unspecified atom stereocenters. The lowest BCUT2D eigenvalue weighted by molar-refractivity contribution is -0.134. The number of amides is 1. The van der Waals surface area contributed by atoms with Crippen molar-refractivity contribution in [3.63, 3.8) is 0 Å². The first-order valence-corrected chi connectivity index (χ1v) is 8.09. The van der Waals surface area contributed by atoms with E-state index in [1.807, 2.05) is 17.3 Å². The van der Waals surface area contributed by atoms with Crippen LogP contribution in [0.5, 0.6) is 0 Å². The van der Waals surface area contributed by atoms with Crippen molar-refractivity contribution in [1.29, 1.82) is 0 Å². The van der Waals surface area contributed by atoms with Crippen molar-refractivity contribution in [3.05, 3.63) is 18.2 Å². The van der Waals surface area contributed by atoms with Crippen molar-refractivity contribution in [2.45, 2.75) is 58.5 Å². The number of carbonyl (C=O) groups is 1. The fourth-order valence-corrected chi connectivity index (χ4v) is 3.18. The Hall–Kier alpha value is -0.780. The molecule has 2 atom stereocenters. The van der Waals surface area contributed by atoms with E-state index in [9.17, 15) is 4.79 Å². The molecule has 2 heterocycles. The van der Waals surface area contributed by atoms with Crippen LogP contribution in [0.3, 0.4) is 0 Å². The van der Waals surface area contributed by atoms with Gasteiger partial charge in [-0.3, -0.25) is 4.79 Å². The summed E-state index contributed by atoms with van der Waals surface area (Å²) in [5.74, 6) is 1.65. The zero-order valence-corrected chi connectivity index (χ0v) is 15.9. The predicted octanol–water partition coefficient (Wildman–Crippen LogP) is 2.83. The molecular formula is C16H30Cl2N4O. The molecule has 1 aromatic heterocycles. The zero-order chi connectivity index (χ0) is 15.4. The highest BCUT2D eigenvalue weighted by Crippen LogP contribution is 2.23.